The zero-order valence-corrected chi connectivity index (χ0v) is 13.7. The van der Waals surface area contributed by atoms with E-state index in [4.69, 9.17) is 0 Å². The fourth-order valence-electron chi connectivity index (χ4n) is 2.44. The Bertz CT molecular complexity index is 429. The molecule has 1 aliphatic carbocycles. The highest BCUT2D eigenvalue weighted by Crippen LogP contribution is 2.29. The van der Waals surface area contributed by atoms with Crippen LogP contribution in [0.3, 0.4) is 0 Å². The SMILES string of the molecule is COC(=O)CCc1csc(NC2CCC(SC)CC2)n1. The minimum Gasteiger partial charge on any atom is -0.469 e. The van der Waals surface area contributed by atoms with Gasteiger partial charge in [0.05, 0.1) is 19.2 Å². The van der Waals surface area contributed by atoms with Crippen LogP contribution in [-0.4, -0.2) is 35.6 Å². The minimum atomic E-state index is -0.178. The van der Waals surface area contributed by atoms with Crippen LogP contribution in [0.25, 0.3) is 0 Å². The summed E-state index contributed by atoms with van der Waals surface area (Å²) in [5.74, 6) is -0.178. The zero-order chi connectivity index (χ0) is 14.4. The fraction of sp³-hybridized carbons (Fsp3) is 0.714. The van der Waals surface area contributed by atoms with E-state index < -0.39 is 0 Å². The molecule has 1 aromatic rings. The van der Waals surface area contributed by atoms with Gasteiger partial charge in [0, 0.05) is 23.1 Å². The Kier molecular flexibility index (Phi) is 6.16. The van der Waals surface area contributed by atoms with Gasteiger partial charge in [-0.05, 0) is 31.9 Å². The first-order valence-electron chi connectivity index (χ1n) is 7.01. The van der Waals surface area contributed by atoms with Crippen LogP contribution in [0.2, 0.25) is 0 Å². The standard InChI is InChI=1S/C14H22N2O2S2/c1-18-13(17)8-5-11-9-20-14(16-11)15-10-3-6-12(19-2)7-4-10/h9-10,12H,3-8H2,1-2H3,(H,15,16). The van der Waals surface area contributed by atoms with Crippen LogP contribution in [0, 0.1) is 0 Å². The van der Waals surface area contributed by atoms with E-state index in [0.29, 0.717) is 18.9 Å². The van der Waals surface area contributed by atoms with Crippen molar-refractivity contribution in [2.24, 2.45) is 0 Å². The second kappa shape index (κ2) is 7.88. The molecule has 0 saturated heterocycles. The van der Waals surface area contributed by atoms with E-state index in [9.17, 15) is 4.79 Å². The molecule has 0 bridgehead atoms. The number of carbonyl (C=O) groups excluding carboxylic acids is 1. The number of anilines is 1. The summed E-state index contributed by atoms with van der Waals surface area (Å²) < 4.78 is 4.64. The largest absolute Gasteiger partial charge is 0.469 e. The van der Waals surface area contributed by atoms with Crippen LogP contribution in [0.15, 0.2) is 5.38 Å². The number of aryl methyl sites for hydroxylation is 1. The molecule has 4 nitrogen and oxygen atoms in total. The highest BCUT2D eigenvalue weighted by molar-refractivity contribution is 7.99. The molecule has 112 valence electrons. The number of thiazole rings is 1. The van der Waals surface area contributed by atoms with Crippen molar-refractivity contribution in [1.29, 1.82) is 0 Å². The Labute approximate surface area is 128 Å². The van der Waals surface area contributed by atoms with Crippen LogP contribution >= 0.6 is 23.1 Å². The maximum absolute atomic E-state index is 11.1. The lowest BCUT2D eigenvalue weighted by Gasteiger charge is -2.27. The Morgan fingerprint density at radius 2 is 2.25 bits per heavy atom. The molecule has 6 heteroatoms. The second-order valence-electron chi connectivity index (χ2n) is 5.07. The molecule has 0 radical (unpaired) electrons. The van der Waals surface area contributed by atoms with Gasteiger partial charge < -0.3 is 10.1 Å². The third-order valence-electron chi connectivity index (χ3n) is 3.70. The van der Waals surface area contributed by atoms with E-state index in [-0.39, 0.29) is 5.97 Å². The van der Waals surface area contributed by atoms with Crippen molar-refractivity contribution < 1.29 is 9.53 Å². The number of aromatic nitrogens is 1. The van der Waals surface area contributed by atoms with Crippen molar-refractivity contribution in [3.05, 3.63) is 11.1 Å². The zero-order valence-electron chi connectivity index (χ0n) is 12.1. The maximum Gasteiger partial charge on any atom is 0.305 e. The van der Waals surface area contributed by atoms with E-state index in [1.54, 1.807) is 11.3 Å². The molecule has 2 rings (SSSR count). The van der Waals surface area contributed by atoms with E-state index >= 15 is 0 Å². The van der Waals surface area contributed by atoms with Gasteiger partial charge in [-0.25, -0.2) is 4.98 Å². The average molecular weight is 314 g/mol. The number of thioether (sulfide) groups is 1. The number of nitrogens with one attached hydrogen (secondary N) is 1. The van der Waals surface area contributed by atoms with Gasteiger partial charge in [-0.2, -0.15) is 11.8 Å². The smallest absolute Gasteiger partial charge is 0.305 e. The molecule has 0 atom stereocenters. The summed E-state index contributed by atoms with van der Waals surface area (Å²) >= 11 is 3.61. The molecule has 0 unspecified atom stereocenters. The van der Waals surface area contributed by atoms with Crippen molar-refractivity contribution >= 4 is 34.2 Å². The van der Waals surface area contributed by atoms with Crippen LogP contribution in [0.5, 0.6) is 0 Å². The van der Waals surface area contributed by atoms with Gasteiger partial charge in [-0.15, -0.1) is 11.3 Å². The van der Waals surface area contributed by atoms with Gasteiger partial charge in [-0.3, -0.25) is 4.79 Å². The topological polar surface area (TPSA) is 51.2 Å². The monoisotopic (exact) mass is 314 g/mol. The number of hydrogen-bond acceptors (Lipinski definition) is 6. The van der Waals surface area contributed by atoms with Crippen molar-refractivity contribution in [2.45, 2.75) is 49.8 Å². The molecule has 1 fully saturated rings. The van der Waals surface area contributed by atoms with Gasteiger partial charge >= 0.3 is 5.97 Å². The molecule has 1 aromatic heterocycles. The van der Waals surface area contributed by atoms with E-state index in [0.717, 1.165) is 16.1 Å². The third-order valence-corrected chi connectivity index (χ3v) is 5.66. The number of hydrogen-bond donors (Lipinski definition) is 1. The normalized spacial score (nSPS) is 22.5. The number of ether oxygens (including phenoxy) is 1. The number of carbonyl (C=O) groups is 1. The molecule has 0 aliphatic heterocycles. The summed E-state index contributed by atoms with van der Waals surface area (Å²) in [6.07, 6.45) is 8.29. The van der Waals surface area contributed by atoms with Crippen molar-refractivity contribution in [3.63, 3.8) is 0 Å². The van der Waals surface area contributed by atoms with Crippen LogP contribution in [-0.2, 0) is 16.0 Å². The lowest BCUT2D eigenvalue weighted by molar-refractivity contribution is -0.140. The lowest BCUT2D eigenvalue weighted by Crippen LogP contribution is -2.26. The minimum absolute atomic E-state index is 0.178. The molecule has 0 amide bonds. The number of methoxy groups -OCH3 is 1. The molecule has 20 heavy (non-hydrogen) atoms. The summed E-state index contributed by atoms with van der Waals surface area (Å²) in [6.45, 7) is 0. The van der Waals surface area contributed by atoms with Crippen molar-refractivity contribution in [2.75, 3.05) is 18.7 Å². The summed E-state index contributed by atoms with van der Waals surface area (Å²) in [6, 6.07) is 0.554. The third kappa shape index (κ3) is 4.66. The van der Waals surface area contributed by atoms with Gasteiger partial charge in [0.25, 0.3) is 0 Å². The average Bonchev–Trinajstić information content (AvgIpc) is 2.93. The lowest BCUT2D eigenvalue weighted by atomic mass is 9.95. The predicted molar refractivity (Wildman–Crippen MR) is 85.6 cm³/mol. The first kappa shape index (κ1) is 15.6. The van der Waals surface area contributed by atoms with E-state index in [1.807, 2.05) is 17.1 Å². The van der Waals surface area contributed by atoms with Crippen LogP contribution in [0.4, 0.5) is 5.13 Å². The molecule has 1 heterocycles. The molecule has 1 saturated carbocycles. The Morgan fingerprint density at radius 3 is 2.90 bits per heavy atom. The Morgan fingerprint density at radius 1 is 1.50 bits per heavy atom. The first-order chi connectivity index (χ1) is 9.71. The van der Waals surface area contributed by atoms with E-state index in [2.05, 4.69) is 21.3 Å². The summed E-state index contributed by atoms with van der Waals surface area (Å²) in [5, 5.41) is 7.37. The molecular weight excluding hydrogens is 292 g/mol. The van der Waals surface area contributed by atoms with E-state index in [1.165, 1.54) is 32.8 Å². The highest BCUT2D eigenvalue weighted by Gasteiger charge is 2.20. The van der Waals surface area contributed by atoms with Gasteiger partial charge in [0.2, 0.25) is 0 Å². The first-order valence-corrected chi connectivity index (χ1v) is 9.18. The molecule has 0 spiro atoms. The highest BCUT2D eigenvalue weighted by atomic mass is 32.2. The van der Waals surface area contributed by atoms with Crippen molar-refractivity contribution in [3.8, 4) is 0 Å². The quantitative estimate of drug-likeness (QED) is 0.816. The predicted octanol–water partition coefficient (Wildman–Crippen LogP) is 3.33. The molecular formula is C14H22N2O2S2. The number of nitrogens with zero attached hydrogens (tertiary/aromatic N) is 1. The molecule has 1 N–H and O–H groups in total. The number of esters is 1. The maximum atomic E-state index is 11.1. The van der Waals surface area contributed by atoms with Crippen molar-refractivity contribution in [1.82, 2.24) is 4.98 Å². The Balaban J connectivity index is 1.77. The van der Waals surface area contributed by atoms with Crippen LogP contribution in [0.1, 0.15) is 37.8 Å². The van der Waals surface area contributed by atoms with Gasteiger partial charge in [-0.1, -0.05) is 0 Å². The summed E-state index contributed by atoms with van der Waals surface area (Å²) in [7, 11) is 1.42. The molecule has 1 aliphatic rings. The summed E-state index contributed by atoms with van der Waals surface area (Å²) in [5.41, 5.74) is 0.973. The molecule has 0 aromatic carbocycles. The van der Waals surface area contributed by atoms with Crippen LogP contribution < -0.4 is 5.32 Å². The number of rotatable bonds is 6. The Hall–Kier alpha value is -0.750. The summed E-state index contributed by atoms with van der Waals surface area (Å²) in [4.78, 5) is 15.6. The van der Waals surface area contributed by atoms with Gasteiger partial charge in [0.15, 0.2) is 5.13 Å². The van der Waals surface area contributed by atoms with Gasteiger partial charge in [0.1, 0.15) is 0 Å². The second-order valence-corrected chi connectivity index (χ2v) is 7.07. The fourth-order valence-corrected chi connectivity index (χ4v) is 4.00.